The van der Waals surface area contributed by atoms with Crippen LogP contribution in [0.1, 0.15) is 26.3 Å². The average Bonchev–Trinajstić information content (AvgIpc) is 2.63. The molecule has 1 N–H and O–H groups in total. The summed E-state index contributed by atoms with van der Waals surface area (Å²) in [5.41, 5.74) is -1.17. The number of hydrogen-bond acceptors (Lipinski definition) is 7. The zero-order chi connectivity index (χ0) is 21.8. The molecule has 0 fully saturated rings. The van der Waals surface area contributed by atoms with Gasteiger partial charge in [0, 0.05) is 31.9 Å². The Morgan fingerprint density at radius 1 is 1.21 bits per heavy atom. The fraction of sp³-hybridized carbons (Fsp3) is 0.421. The van der Waals surface area contributed by atoms with E-state index in [1.807, 2.05) is 0 Å². The summed E-state index contributed by atoms with van der Waals surface area (Å²) in [5, 5.41) is 2.47. The molecule has 10 heteroatoms. The van der Waals surface area contributed by atoms with Gasteiger partial charge in [-0.3, -0.25) is 4.79 Å². The van der Waals surface area contributed by atoms with E-state index in [2.05, 4.69) is 10.3 Å². The Balaban J connectivity index is 2.22. The predicted octanol–water partition coefficient (Wildman–Crippen LogP) is 0.540. The predicted molar refractivity (Wildman–Crippen MR) is 104 cm³/mol. The number of hydrogen-bond donors (Lipinski definition) is 1. The molecule has 1 atom stereocenters. The van der Waals surface area contributed by atoms with Crippen LogP contribution in [0.4, 0.5) is 4.79 Å². The Bertz CT molecular complexity index is 1000. The minimum atomic E-state index is -0.991. The number of pyridine rings is 1. The van der Waals surface area contributed by atoms with E-state index in [-0.39, 0.29) is 12.2 Å². The molecule has 0 aliphatic carbocycles. The molecule has 0 bridgehead atoms. The number of amides is 1. The van der Waals surface area contributed by atoms with Crippen LogP contribution in [0.25, 0.3) is 5.82 Å². The van der Waals surface area contributed by atoms with E-state index < -0.39 is 35.0 Å². The summed E-state index contributed by atoms with van der Waals surface area (Å²) < 4.78 is 12.1. The summed E-state index contributed by atoms with van der Waals surface area (Å²) in [5.74, 6) is -0.497. The Labute approximate surface area is 167 Å². The lowest BCUT2D eigenvalue weighted by Crippen LogP contribution is -2.45. The number of methoxy groups -OCH3 is 1. The van der Waals surface area contributed by atoms with Gasteiger partial charge in [0.05, 0.1) is 7.11 Å². The van der Waals surface area contributed by atoms with E-state index in [1.54, 1.807) is 26.8 Å². The van der Waals surface area contributed by atoms with E-state index in [0.29, 0.717) is 5.56 Å². The van der Waals surface area contributed by atoms with Crippen molar-refractivity contribution in [1.29, 1.82) is 0 Å². The highest BCUT2D eigenvalue weighted by Gasteiger charge is 2.25. The lowest BCUT2D eigenvalue weighted by Gasteiger charge is -2.22. The number of esters is 1. The van der Waals surface area contributed by atoms with Gasteiger partial charge in [-0.25, -0.2) is 23.9 Å². The Morgan fingerprint density at radius 3 is 2.45 bits per heavy atom. The number of nitrogens with one attached hydrogen (secondary N) is 1. The highest BCUT2D eigenvalue weighted by atomic mass is 16.6. The number of nitrogens with zero attached hydrogens (tertiary/aromatic N) is 3. The van der Waals surface area contributed by atoms with E-state index in [1.165, 1.54) is 43.3 Å². The van der Waals surface area contributed by atoms with Crippen LogP contribution >= 0.6 is 0 Å². The van der Waals surface area contributed by atoms with Gasteiger partial charge in [-0.15, -0.1) is 0 Å². The molecule has 0 aliphatic rings. The molecule has 0 spiro atoms. The number of aryl methyl sites for hydroxylation is 1. The molecule has 0 radical (unpaired) electrons. The number of ether oxygens (including phenoxy) is 2. The van der Waals surface area contributed by atoms with Crippen LogP contribution in [0.3, 0.4) is 0 Å². The number of carbonyl (C=O) groups excluding carboxylic acids is 2. The summed E-state index contributed by atoms with van der Waals surface area (Å²) >= 11 is 0. The second-order valence-electron chi connectivity index (χ2n) is 7.33. The van der Waals surface area contributed by atoms with Gasteiger partial charge < -0.3 is 19.4 Å². The van der Waals surface area contributed by atoms with Gasteiger partial charge in [-0.05, 0) is 32.4 Å². The lowest BCUT2D eigenvalue weighted by atomic mass is 10.1. The quantitative estimate of drug-likeness (QED) is 0.722. The zero-order valence-corrected chi connectivity index (χ0v) is 17.0. The molecular formula is C19H24N4O6. The van der Waals surface area contributed by atoms with Crippen LogP contribution in [-0.4, -0.2) is 44.9 Å². The lowest BCUT2D eigenvalue weighted by molar-refractivity contribution is -0.143. The van der Waals surface area contributed by atoms with Crippen molar-refractivity contribution < 1.29 is 19.1 Å². The van der Waals surface area contributed by atoms with Gasteiger partial charge in [-0.2, -0.15) is 0 Å². The van der Waals surface area contributed by atoms with Crippen molar-refractivity contribution in [2.45, 2.75) is 38.8 Å². The summed E-state index contributed by atoms with van der Waals surface area (Å²) in [6.07, 6.45) is 2.12. The molecule has 0 aliphatic heterocycles. The Kier molecular flexibility index (Phi) is 6.57. The molecule has 156 valence electrons. The Hall–Kier alpha value is -3.43. The number of carbonyl (C=O) groups is 2. The van der Waals surface area contributed by atoms with Crippen molar-refractivity contribution in [3.63, 3.8) is 0 Å². The highest BCUT2D eigenvalue weighted by Crippen LogP contribution is 2.10. The fourth-order valence-corrected chi connectivity index (χ4v) is 2.47. The summed E-state index contributed by atoms with van der Waals surface area (Å²) in [7, 11) is 2.74. The van der Waals surface area contributed by atoms with Gasteiger partial charge in [0.1, 0.15) is 17.5 Å². The minimum Gasteiger partial charge on any atom is -0.467 e. The third-order valence-electron chi connectivity index (χ3n) is 3.81. The zero-order valence-electron chi connectivity index (χ0n) is 17.0. The van der Waals surface area contributed by atoms with Crippen LogP contribution in [0, 0.1) is 0 Å². The monoisotopic (exact) mass is 404 g/mol. The molecule has 0 aromatic carbocycles. The van der Waals surface area contributed by atoms with Crippen LogP contribution in [-0.2, 0) is 27.7 Å². The summed E-state index contributed by atoms with van der Waals surface area (Å²) in [4.78, 5) is 52.4. The molecule has 0 saturated heterocycles. The van der Waals surface area contributed by atoms with Crippen molar-refractivity contribution in [3.05, 3.63) is 57.0 Å². The van der Waals surface area contributed by atoms with E-state index >= 15 is 0 Å². The first kappa shape index (κ1) is 21.9. The number of rotatable bonds is 5. The molecule has 0 unspecified atom stereocenters. The van der Waals surface area contributed by atoms with Crippen molar-refractivity contribution in [3.8, 4) is 5.82 Å². The van der Waals surface area contributed by atoms with E-state index in [9.17, 15) is 19.2 Å². The normalized spacial score (nSPS) is 12.2. The van der Waals surface area contributed by atoms with E-state index in [4.69, 9.17) is 9.47 Å². The standard InChI is InChI=1S/C19H24N4O6/c1-19(2,3)29-17(26)21-13(16(25)28-5)10-12-6-7-14(20-11-12)23-15(24)8-9-22(4)18(23)27/h6-9,11,13H,10H2,1-5H3,(H,21,26)/t13-/m0/s1. The molecule has 1 amide bonds. The second kappa shape index (κ2) is 8.72. The van der Waals surface area contributed by atoms with Crippen LogP contribution in [0.2, 0.25) is 0 Å². The first-order valence-electron chi connectivity index (χ1n) is 8.83. The van der Waals surface area contributed by atoms with Crippen molar-refractivity contribution in [2.24, 2.45) is 7.05 Å². The average molecular weight is 404 g/mol. The van der Waals surface area contributed by atoms with Gasteiger partial charge in [-0.1, -0.05) is 6.07 Å². The van der Waals surface area contributed by atoms with Crippen LogP contribution in [0.5, 0.6) is 0 Å². The van der Waals surface area contributed by atoms with Gasteiger partial charge in [0.2, 0.25) is 0 Å². The van der Waals surface area contributed by atoms with Gasteiger partial charge in [0.25, 0.3) is 5.56 Å². The fourth-order valence-electron chi connectivity index (χ4n) is 2.47. The molecule has 2 heterocycles. The maximum Gasteiger partial charge on any atom is 0.408 e. The van der Waals surface area contributed by atoms with Crippen molar-refractivity contribution in [1.82, 2.24) is 19.4 Å². The van der Waals surface area contributed by atoms with E-state index in [0.717, 1.165) is 4.57 Å². The minimum absolute atomic E-state index is 0.0842. The van der Waals surface area contributed by atoms with Gasteiger partial charge >= 0.3 is 17.8 Å². The van der Waals surface area contributed by atoms with Crippen LogP contribution in [0.15, 0.2) is 40.2 Å². The third kappa shape index (κ3) is 5.77. The molecule has 2 rings (SSSR count). The smallest absolute Gasteiger partial charge is 0.408 e. The highest BCUT2D eigenvalue weighted by molar-refractivity contribution is 5.81. The molecule has 2 aromatic heterocycles. The maximum atomic E-state index is 12.2. The summed E-state index contributed by atoms with van der Waals surface area (Å²) in [6, 6.07) is 3.36. The summed E-state index contributed by atoms with van der Waals surface area (Å²) in [6.45, 7) is 5.12. The maximum absolute atomic E-state index is 12.2. The molecular weight excluding hydrogens is 380 g/mol. The molecule has 2 aromatic rings. The van der Waals surface area contributed by atoms with Gasteiger partial charge in [0.15, 0.2) is 0 Å². The number of aromatic nitrogens is 3. The third-order valence-corrected chi connectivity index (χ3v) is 3.81. The second-order valence-corrected chi connectivity index (χ2v) is 7.33. The SMILES string of the molecule is COC(=O)[C@H](Cc1ccc(-n2c(=O)ccn(C)c2=O)nc1)NC(=O)OC(C)(C)C. The first-order chi connectivity index (χ1) is 13.5. The molecule has 0 saturated carbocycles. The Morgan fingerprint density at radius 2 is 1.90 bits per heavy atom. The van der Waals surface area contributed by atoms with Crippen molar-refractivity contribution >= 4 is 12.1 Å². The first-order valence-corrected chi connectivity index (χ1v) is 8.83. The number of alkyl carbamates (subject to hydrolysis) is 1. The van der Waals surface area contributed by atoms with Crippen molar-refractivity contribution in [2.75, 3.05) is 7.11 Å². The largest absolute Gasteiger partial charge is 0.467 e. The van der Waals surface area contributed by atoms with Crippen LogP contribution < -0.4 is 16.6 Å². The molecule has 10 nitrogen and oxygen atoms in total. The molecule has 29 heavy (non-hydrogen) atoms. The topological polar surface area (TPSA) is 122 Å².